The monoisotopic (exact) mass is 261 g/mol. The van der Waals surface area contributed by atoms with Crippen molar-refractivity contribution in [1.29, 1.82) is 0 Å². The Balaban J connectivity index is 2.75. The number of benzene rings is 1. The van der Waals surface area contributed by atoms with Crippen LogP contribution in [-0.2, 0) is 4.79 Å². The summed E-state index contributed by atoms with van der Waals surface area (Å²) < 4.78 is 0. The molecule has 0 fully saturated rings. The van der Waals surface area contributed by atoms with Crippen molar-refractivity contribution in [2.45, 2.75) is 18.5 Å². The molecule has 1 aromatic rings. The molecule has 19 heavy (non-hydrogen) atoms. The minimum absolute atomic E-state index is 0.0560. The summed E-state index contributed by atoms with van der Waals surface area (Å²) in [5.74, 6) is -0.143. The molecule has 0 radical (unpaired) electrons. The van der Waals surface area contributed by atoms with Crippen molar-refractivity contribution in [1.82, 2.24) is 10.2 Å². The molecule has 0 spiro atoms. The molecular weight excluding hydrogens is 238 g/mol. The van der Waals surface area contributed by atoms with Gasteiger partial charge in [-0.3, -0.25) is 4.79 Å². The number of nitrogens with one attached hydrogen (secondary N) is 1. The van der Waals surface area contributed by atoms with Crippen molar-refractivity contribution in [3.05, 3.63) is 48.6 Å². The fraction of sp³-hybridized carbons (Fsp3) is 0.400. The second-order valence-corrected chi connectivity index (χ2v) is 4.86. The molecule has 0 aromatic heterocycles. The molecule has 1 rings (SSSR count). The molecule has 4 nitrogen and oxygen atoms in total. The van der Waals surface area contributed by atoms with Gasteiger partial charge in [0, 0.05) is 6.54 Å². The molecule has 0 bridgehead atoms. The highest BCUT2D eigenvalue weighted by molar-refractivity contribution is 5.82. The smallest absolute Gasteiger partial charge is 0.237 e. The van der Waals surface area contributed by atoms with E-state index in [1.54, 1.807) is 6.08 Å². The van der Waals surface area contributed by atoms with Crippen LogP contribution in [0.25, 0.3) is 0 Å². The number of rotatable bonds is 7. The highest BCUT2D eigenvalue weighted by atomic mass is 16.2. The van der Waals surface area contributed by atoms with Gasteiger partial charge in [0.25, 0.3) is 0 Å². The third-order valence-electron chi connectivity index (χ3n) is 2.82. The fourth-order valence-corrected chi connectivity index (χ4v) is 1.85. The lowest BCUT2D eigenvalue weighted by atomic mass is 10.1. The zero-order valence-corrected chi connectivity index (χ0v) is 11.7. The Labute approximate surface area is 115 Å². The zero-order chi connectivity index (χ0) is 14.3. The summed E-state index contributed by atoms with van der Waals surface area (Å²) in [4.78, 5) is 14.0. The minimum Gasteiger partial charge on any atom is -0.347 e. The molecule has 2 unspecified atom stereocenters. The summed E-state index contributed by atoms with van der Waals surface area (Å²) >= 11 is 0. The lowest BCUT2D eigenvalue weighted by Crippen LogP contribution is -2.44. The Bertz CT molecular complexity index is 403. The molecule has 0 saturated carbocycles. The number of hydrogen-bond acceptors (Lipinski definition) is 3. The first-order chi connectivity index (χ1) is 9.04. The predicted molar refractivity (Wildman–Crippen MR) is 78.7 cm³/mol. The Kier molecular flexibility index (Phi) is 6.25. The summed E-state index contributed by atoms with van der Waals surface area (Å²) in [6.45, 7) is 4.33. The zero-order valence-electron chi connectivity index (χ0n) is 11.7. The van der Waals surface area contributed by atoms with E-state index in [9.17, 15) is 4.79 Å². The number of nitrogens with two attached hydrogens (primary N) is 1. The van der Waals surface area contributed by atoms with E-state index in [0.29, 0.717) is 6.42 Å². The topological polar surface area (TPSA) is 58.4 Å². The maximum Gasteiger partial charge on any atom is 0.237 e. The van der Waals surface area contributed by atoms with Crippen molar-refractivity contribution in [3.8, 4) is 0 Å². The Hall–Kier alpha value is -1.65. The van der Waals surface area contributed by atoms with Crippen LogP contribution in [0.5, 0.6) is 0 Å². The maximum atomic E-state index is 12.0. The predicted octanol–water partition coefficient (Wildman–Crippen LogP) is 1.31. The van der Waals surface area contributed by atoms with Gasteiger partial charge in [-0.15, -0.1) is 6.58 Å². The van der Waals surface area contributed by atoms with E-state index < -0.39 is 6.04 Å². The van der Waals surface area contributed by atoms with Gasteiger partial charge in [0.1, 0.15) is 0 Å². The molecule has 1 aromatic carbocycles. The van der Waals surface area contributed by atoms with Crippen LogP contribution in [0.3, 0.4) is 0 Å². The second kappa shape index (κ2) is 7.71. The fourth-order valence-electron chi connectivity index (χ4n) is 1.85. The average molecular weight is 261 g/mol. The summed E-state index contributed by atoms with van der Waals surface area (Å²) in [5.41, 5.74) is 6.87. The van der Waals surface area contributed by atoms with E-state index in [2.05, 4.69) is 11.9 Å². The Morgan fingerprint density at radius 1 is 1.42 bits per heavy atom. The summed E-state index contributed by atoms with van der Waals surface area (Å²) in [6.07, 6.45) is 2.14. The molecule has 4 heteroatoms. The maximum absolute atomic E-state index is 12.0. The molecule has 104 valence electrons. The number of carbonyl (C=O) groups is 1. The van der Waals surface area contributed by atoms with Crippen molar-refractivity contribution in [3.63, 3.8) is 0 Å². The second-order valence-electron chi connectivity index (χ2n) is 4.86. The summed E-state index contributed by atoms with van der Waals surface area (Å²) in [6, 6.07) is 9.31. The SMILES string of the molecule is C=CCC(N)C(=O)NC(CN(C)C)c1ccccc1. The van der Waals surface area contributed by atoms with Crippen molar-refractivity contribution in [2.75, 3.05) is 20.6 Å². The van der Waals surface area contributed by atoms with Crippen LogP contribution in [0.1, 0.15) is 18.0 Å². The average Bonchev–Trinajstić information content (AvgIpc) is 2.38. The van der Waals surface area contributed by atoms with Gasteiger partial charge < -0.3 is 16.0 Å². The first kappa shape index (κ1) is 15.4. The molecule has 0 aliphatic heterocycles. The van der Waals surface area contributed by atoms with Crippen LogP contribution in [0.2, 0.25) is 0 Å². The first-order valence-corrected chi connectivity index (χ1v) is 6.41. The van der Waals surface area contributed by atoms with E-state index in [1.165, 1.54) is 0 Å². The molecule has 0 heterocycles. The molecule has 0 saturated heterocycles. The number of likely N-dealkylation sites (N-methyl/N-ethyl adjacent to an activating group) is 1. The minimum atomic E-state index is -0.536. The van der Waals surface area contributed by atoms with Crippen LogP contribution in [-0.4, -0.2) is 37.5 Å². The summed E-state index contributed by atoms with van der Waals surface area (Å²) in [5, 5.41) is 3.00. The van der Waals surface area contributed by atoms with Crippen LogP contribution in [0.15, 0.2) is 43.0 Å². The van der Waals surface area contributed by atoms with E-state index in [1.807, 2.05) is 49.3 Å². The van der Waals surface area contributed by atoms with Gasteiger partial charge >= 0.3 is 0 Å². The Morgan fingerprint density at radius 2 is 2.05 bits per heavy atom. The highest BCUT2D eigenvalue weighted by Crippen LogP contribution is 2.13. The molecular formula is C15H23N3O. The lowest BCUT2D eigenvalue weighted by molar-refractivity contribution is -0.123. The van der Waals surface area contributed by atoms with Crippen LogP contribution in [0, 0.1) is 0 Å². The molecule has 0 aliphatic carbocycles. The molecule has 2 atom stereocenters. The number of nitrogens with zero attached hydrogens (tertiary/aromatic N) is 1. The quantitative estimate of drug-likeness (QED) is 0.728. The lowest BCUT2D eigenvalue weighted by Gasteiger charge is -2.24. The van der Waals surface area contributed by atoms with Crippen molar-refractivity contribution < 1.29 is 4.79 Å². The summed E-state index contributed by atoms with van der Waals surface area (Å²) in [7, 11) is 3.96. The van der Waals surface area contributed by atoms with Gasteiger partial charge in [0.2, 0.25) is 5.91 Å². The number of amides is 1. The van der Waals surface area contributed by atoms with Gasteiger partial charge in [0.15, 0.2) is 0 Å². The standard InChI is InChI=1S/C15H23N3O/c1-4-8-13(16)15(19)17-14(11-18(2)3)12-9-6-5-7-10-12/h4-7,9-10,13-14H,1,8,11,16H2,2-3H3,(H,17,19). The first-order valence-electron chi connectivity index (χ1n) is 6.41. The van der Waals surface area contributed by atoms with E-state index in [-0.39, 0.29) is 11.9 Å². The Morgan fingerprint density at radius 3 is 2.58 bits per heavy atom. The molecule has 3 N–H and O–H groups in total. The number of carbonyl (C=O) groups excluding carboxylic acids is 1. The third kappa shape index (κ3) is 5.24. The largest absolute Gasteiger partial charge is 0.347 e. The van der Waals surface area contributed by atoms with Gasteiger partial charge in [-0.1, -0.05) is 36.4 Å². The van der Waals surface area contributed by atoms with E-state index >= 15 is 0 Å². The van der Waals surface area contributed by atoms with Gasteiger partial charge in [-0.05, 0) is 26.1 Å². The van der Waals surface area contributed by atoms with E-state index in [4.69, 9.17) is 5.73 Å². The van der Waals surface area contributed by atoms with Crippen LogP contribution >= 0.6 is 0 Å². The van der Waals surface area contributed by atoms with E-state index in [0.717, 1.165) is 12.1 Å². The highest BCUT2D eigenvalue weighted by Gasteiger charge is 2.18. The van der Waals surface area contributed by atoms with Gasteiger partial charge in [-0.25, -0.2) is 0 Å². The normalized spacial score (nSPS) is 13.9. The van der Waals surface area contributed by atoms with Crippen molar-refractivity contribution in [2.24, 2.45) is 5.73 Å². The number of hydrogen-bond donors (Lipinski definition) is 2. The van der Waals surface area contributed by atoms with Crippen LogP contribution < -0.4 is 11.1 Å². The third-order valence-corrected chi connectivity index (χ3v) is 2.82. The van der Waals surface area contributed by atoms with Gasteiger partial charge in [-0.2, -0.15) is 0 Å². The van der Waals surface area contributed by atoms with Gasteiger partial charge in [0.05, 0.1) is 12.1 Å². The van der Waals surface area contributed by atoms with Crippen LogP contribution in [0.4, 0.5) is 0 Å². The molecule has 1 amide bonds. The van der Waals surface area contributed by atoms with Crippen molar-refractivity contribution >= 4 is 5.91 Å². The molecule has 0 aliphatic rings.